The van der Waals surface area contributed by atoms with Crippen molar-refractivity contribution in [2.24, 2.45) is 0 Å². The van der Waals surface area contributed by atoms with E-state index in [2.05, 4.69) is 0 Å². The maximum absolute atomic E-state index is 10.7. The van der Waals surface area contributed by atoms with Gasteiger partial charge in [-0.05, 0) is 36.0 Å². The van der Waals surface area contributed by atoms with Crippen LogP contribution < -0.4 is 0 Å². The van der Waals surface area contributed by atoms with E-state index < -0.39 is 11.1 Å². The third kappa shape index (κ3) is 3.08. The molecule has 1 rings (SSSR count). The van der Waals surface area contributed by atoms with Crippen LogP contribution in [0.15, 0.2) is 29.2 Å². The second-order valence-corrected chi connectivity index (χ2v) is 3.63. The van der Waals surface area contributed by atoms with Gasteiger partial charge in [0.2, 0.25) is 0 Å². The van der Waals surface area contributed by atoms with Crippen molar-refractivity contribution in [2.75, 3.05) is 0 Å². The van der Waals surface area contributed by atoms with Gasteiger partial charge < -0.3 is 5.11 Å². The molecule has 0 bridgehead atoms. The number of hydrogen-bond donors (Lipinski definition) is 1. The SMILES string of the molecule is O=C(O)C(=O)Sc1ccc(Cl)cc1. The molecule has 0 aliphatic carbocycles. The lowest BCUT2D eigenvalue weighted by Gasteiger charge is -1.96. The Kier molecular flexibility index (Phi) is 3.33. The average molecular weight is 217 g/mol. The van der Waals surface area contributed by atoms with Gasteiger partial charge in [-0.1, -0.05) is 11.6 Å². The first kappa shape index (κ1) is 10.1. The minimum atomic E-state index is -1.44. The fourth-order valence-corrected chi connectivity index (χ4v) is 1.35. The lowest BCUT2D eigenvalue weighted by molar-refractivity contribution is -0.144. The third-order valence-electron chi connectivity index (χ3n) is 1.20. The third-order valence-corrected chi connectivity index (χ3v) is 2.32. The summed E-state index contributed by atoms with van der Waals surface area (Å²) < 4.78 is 0. The van der Waals surface area contributed by atoms with Crippen molar-refractivity contribution in [2.45, 2.75) is 4.90 Å². The van der Waals surface area contributed by atoms with Crippen LogP contribution in [0.4, 0.5) is 0 Å². The molecule has 0 heterocycles. The minimum absolute atomic E-state index is 0.548. The molecular formula is C8H5ClO3S. The van der Waals surface area contributed by atoms with E-state index in [1.165, 1.54) is 0 Å². The van der Waals surface area contributed by atoms with Crippen LogP contribution in [0, 0.1) is 0 Å². The molecule has 0 aromatic heterocycles. The maximum atomic E-state index is 10.7. The molecule has 0 fully saturated rings. The largest absolute Gasteiger partial charge is 0.475 e. The number of carboxylic acids is 1. The first-order valence-electron chi connectivity index (χ1n) is 3.30. The molecule has 0 aliphatic heterocycles. The van der Waals surface area contributed by atoms with Gasteiger partial charge in [-0.25, -0.2) is 4.79 Å². The zero-order chi connectivity index (χ0) is 9.84. The van der Waals surface area contributed by atoms with E-state index in [9.17, 15) is 9.59 Å². The molecule has 0 aliphatic rings. The highest BCUT2D eigenvalue weighted by atomic mass is 35.5. The van der Waals surface area contributed by atoms with Gasteiger partial charge in [0.05, 0.1) is 0 Å². The molecule has 0 radical (unpaired) electrons. The minimum Gasteiger partial charge on any atom is -0.475 e. The van der Waals surface area contributed by atoms with Gasteiger partial charge in [0, 0.05) is 9.92 Å². The molecule has 0 saturated heterocycles. The van der Waals surface area contributed by atoms with E-state index in [1.807, 2.05) is 0 Å². The Bertz CT molecular complexity index is 334. The standard InChI is InChI=1S/C8H5ClO3S/c9-5-1-3-6(4-2-5)13-8(12)7(10)11/h1-4H,(H,10,11). The molecule has 0 amide bonds. The molecule has 1 N–H and O–H groups in total. The van der Waals surface area contributed by atoms with E-state index in [0.717, 1.165) is 0 Å². The fourth-order valence-electron chi connectivity index (χ4n) is 0.653. The summed E-state index contributed by atoms with van der Waals surface area (Å²) in [6, 6.07) is 6.37. The topological polar surface area (TPSA) is 54.4 Å². The van der Waals surface area contributed by atoms with Crippen LogP contribution in [-0.2, 0) is 9.59 Å². The quantitative estimate of drug-likeness (QED) is 0.577. The summed E-state index contributed by atoms with van der Waals surface area (Å²) in [5.41, 5.74) is 0. The summed E-state index contributed by atoms with van der Waals surface area (Å²) in [5, 5.41) is 7.95. The molecule has 1 aromatic carbocycles. The lowest BCUT2D eigenvalue weighted by Crippen LogP contribution is -2.06. The van der Waals surface area contributed by atoms with Crippen molar-refractivity contribution in [3.05, 3.63) is 29.3 Å². The number of thioether (sulfide) groups is 1. The number of halogens is 1. The molecule has 1 aromatic rings. The van der Waals surface area contributed by atoms with Crippen molar-refractivity contribution in [3.63, 3.8) is 0 Å². The smallest absolute Gasteiger partial charge is 0.383 e. The van der Waals surface area contributed by atoms with Crippen molar-refractivity contribution < 1.29 is 14.7 Å². The van der Waals surface area contributed by atoms with Gasteiger partial charge in [0.25, 0.3) is 0 Å². The zero-order valence-electron chi connectivity index (χ0n) is 6.36. The number of carbonyl (C=O) groups is 2. The first-order valence-corrected chi connectivity index (χ1v) is 4.49. The predicted octanol–water partition coefficient (Wildman–Crippen LogP) is 2.04. The lowest BCUT2D eigenvalue weighted by atomic mass is 10.4. The average Bonchev–Trinajstić information content (AvgIpc) is 2.08. The van der Waals surface area contributed by atoms with Crippen LogP contribution in [0.25, 0.3) is 0 Å². The van der Waals surface area contributed by atoms with E-state index in [-0.39, 0.29) is 0 Å². The molecule has 13 heavy (non-hydrogen) atoms. The molecule has 5 heteroatoms. The van der Waals surface area contributed by atoms with Gasteiger partial charge in [0.1, 0.15) is 0 Å². The summed E-state index contributed by atoms with van der Waals surface area (Å²) >= 11 is 6.26. The van der Waals surface area contributed by atoms with E-state index in [4.69, 9.17) is 16.7 Å². The van der Waals surface area contributed by atoms with Gasteiger partial charge in [-0.2, -0.15) is 0 Å². The Morgan fingerprint density at radius 2 is 1.77 bits per heavy atom. The predicted molar refractivity (Wildman–Crippen MR) is 50.0 cm³/mol. The van der Waals surface area contributed by atoms with Crippen LogP contribution in [0.5, 0.6) is 0 Å². The highest BCUT2D eigenvalue weighted by molar-refractivity contribution is 8.15. The van der Waals surface area contributed by atoms with Crippen molar-refractivity contribution in [1.29, 1.82) is 0 Å². The first-order chi connectivity index (χ1) is 6.09. The Morgan fingerprint density at radius 1 is 1.23 bits per heavy atom. The second-order valence-electron chi connectivity index (χ2n) is 2.15. The summed E-state index contributed by atoms with van der Waals surface area (Å²) in [4.78, 5) is 21.5. The maximum Gasteiger partial charge on any atom is 0.383 e. The number of aliphatic carboxylic acids is 1. The van der Waals surface area contributed by atoms with Crippen LogP contribution >= 0.6 is 23.4 Å². The highest BCUT2D eigenvalue weighted by Gasteiger charge is 2.12. The molecule has 0 atom stereocenters. The highest BCUT2D eigenvalue weighted by Crippen LogP contribution is 2.20. The summed E-state index contributed by atoms with van der Waals surface area (Å²) in [7, 11) is 0. The molecule has 68 valence electrons. The van der Waals surface area contributed by atoms with Gasteiger partial charge in [-0.15, -0.1) is 0 Å². The van der Waals surface area contributed by atoms with E-state index >= 15 is 0 Å². The van der Waals surface area contributed by atoms with Crippen molar-refractivity contribution in [1.82, 2.24) is 0 Å². The van der Waals surface area contributed by atoms with Crippen LogP contribution in [0.1, 0.15) is 0 Å². The Hall–Kier alpha value is -1.00. The monoisotopic (exact) mass is 216 g/mol. The summed E-state index contributed by atoms with van der Waals surface area (Å²) in [6.45, 7) is 0. The normalized spacial score (nSPS) is 9.62. The van der Waals surface area contributed by atoms with Crippen molar-refractivity contribution in [3.8, 4) is 0 Å². The molecule has 0 saturated carbocycles. The fraction of sp³-hybridized carbons (Fsp3) is 0. The van der Waals surface area contributed by atoms with Gasteiger partial charge in [0.15, 0.2) is 0 Å². The molecular weight excluding hydrogens is 212 g/mol. The van der Waals surface area contributed by atoms with Gasteiger partial charge >= 0.3 is 11.1 Å². The van der Waals surface area contributed by atoms with Gasteiger partial charge in [-0.3, -0.25) is 4.79 Å². The number of hydrogen-bond acceptors (Lipinski definition) is 3. The molecule has 3 nitrogen and oxygen atoms in total. The van der Waals surface area contributed by atoms with Crippen LogP contribution in [0.2, 0.25) is 5.02 Å². The Balaban J connectivity index is 2.70. The number of carbonyl (C=O) groups excluding carboxylic acids is 1. The van der Waals surface area contributed by atoms with E-state index in [1.54, 1.807) is 24.3 Å². The van der Waals surface area contributed by atoms with Crippen LogP contribution in [0.3, 0.4) is 0 Å². The summed E-state index contributed by atoms with van der Waals surface area (Å²) in [5.74, 6) is -1.44. The van der Waals surface area contributed by atoms with Crippen LogP contribution in [-0.4, -0.2) is 16.2 Å². The van der Waals surface area contributed by atoms with E-state index in [0.29, 0.717) is 21.7 Å². The molecule has 0 spiro atoms. The molecule has 0 unspecified atom stereocenters. The summed E-state index contributed by atoms with van der Waals surface area (Å²) in [6.07, 6.45) is 0. The Labute approximate surface area is 83.7 Å². The number of benzene rings is 1. The number of carboxylic acid groups (broad SMARTS) is 1. The Morgan fingerprint density at radius 3 is 2.23 bits per heavy atom. The zero-order valence-corrected chi connectivity index (χ0v) is 7.93. The number of rotatable bonds is 1. The van der Waals surface area contributed by atoms with Crippen molar-refractivity contribution >= 4 is 34.4 Å². The second kappa shape index (κ2) is 4.30.